The van der Waals surface area contributed by atoms with Crippen LogP contribution in [0.4, 0.5) is 0 Å². The summed E-state index contributed by atoms with van der Waals surface area (Å²) in [5, 5.41) is 17.7. The molecule has 0 fully saturated rings. The minimum absolute atomic E-state index is 0.148. The molecule has 0 spiro atoms. The van der Waals surface area contributed by atoms with Gasteiger partial charge in [-0.25, -0.2) is 0 Å². The molecule has 0 rings (SSSR count). The lowest BCUT2D eigenvalue weighted by Gasteiger charge is -2.12. The van der Waals surface area contributed by atoms with E-state index in [1.807, 2.05) is 6.92 Å². The number of carboxylic acids is 1. The van der Waals surface area contributed by atoms with Crippen LogP contribution in [0.1, 0.15) is 32.6 Å². The first-order chi connectivity index (χ1) is 5.57. The van der Waals surface area contributed by atoms with E-state index in [4.69, 9.17) is 10.8 Å². The summed E-state index contributed by atoms with van der Waals surface area (Å²) in [4.78, 5) is 10.3. The normalized spacial score (nSPS) is 15.6. The fourth-order valence-corrected chi connectivity index (χ4v) is 0.952. The van der Waals surface area contributed by atoms with E-state index in [-0.39, 0.29) is 6.42 Å². The molecule has 0 aromatic rings. The van der Waals surface area contributed by atoms with Crippen molar-refractivity contribution in [2.24, 2.45) is 5.73 Å². The lowest BCUT2D eigenvalue weighted by Crippen LogP contribution is -2.33. The molecular weight excluding hydrogens is 158 g/mol. The van der Waals surface area contributed by atoms with E-state index in [0.29, 0.717) is 6.42 Å². The van der Waals surface area contributed by atoms with Crippen molar-refractivity contribution in [2.45, 2.75) is 44.8 Å². The Balaban J connectivity index is 3.53. The van der Waals surface area contributed by atoms with Crippen LogP contribution < -0.4 is 5.73 Å². The molecule has 4 nitrogen and oxygen atoms in total. The van der Waals surface area contributed by atoms with Gasteiger partial charge in [-0.1, -0.05) is 19.8 Å². The van der Waals surface area contributed by atoms with Crippen molar-refractivity contribution in [1.29, 1.82) is 0 Å². The minimum atomic E-state index is -1.05. The number of aliphatic hydroxyl groups is 1. The molecule has 12 heavy (non-hydrogen) atoms. The molecule has 0 bridgehead atoms. The van der Waals surface area contributed by atoms with Crippen LogP contribution >= 0.6 is 0 Å². The Hall–Kier alpha value is -0.610. The molecule has 0 radical (unpaired) electrons. The second-order valence-corrected chi connectivity index (χ2v) is 2.98. The first kappa shape index (κ1) is 11.4. The SMILES string of the molecule is CCCC[C@H](O)C[C@H](N)C(=O)O. The molecule has 0 heterocycles. The summed E-state index contributed by atoms with van der Waals surface area (Å²) in [6.07, 6.45) is 2.12. The number of nitrogens with two attached hydrogens (primary N) is 1. The summed E-state index contributed by atoms with van der Waals surface area (Å²) in [5.41, 5.74) is 5.23. The van der Waals surface area contributed by atoms with E-state index in [0.717, 1.165) is 12.8 Å². The molecule has 2 atom stereocenters. The maximum absolute atomic E-state index is 10.3. The average molecular weight is 175 g/mol. The van der Waals surface area contributed by atoms with Crippen molar-refractivity contribution >= 4 is 5.97 Å². The smallest absolute Gasteiger partial charge is 0.320 e. The number of carbonyl (C=O) groups is 1. The number of hydrogen-bond acceptors (Lipinski definition) is 3. The lowest BCUT2D eigenvalue weighted by molar-refractivity contribution is -0.139. The van der Waals surface area contributed by atoms with Crippen LogP contribution in [0, 0.1) is 0 Å². The highest BCUT2D eigenvalue weighted by Gasteiger charge is 2.15. The van der Waals surface area contributed by atoms with Gasteiger partial charge >= 0.3 is 5.97 Å². The first-order valence-electron chi connectivity index (χ1n) is 4.24. The molecular formula is C8H17NO3. The molecule has 0 aromatic carbocycles. The molecule has 0 aliphatic heterocycles. The van der Waals surface area contributed by atoms with Gasteiger partial charge in [-0.15, -0.1) is 0 Å². The Bertz CT molecular complexity index is 138. The zero-order valence-corrected chi connectivity index (χ0v) is 7.36. The minimum Gasteiger partial charge on any atom is -0.480 e. The Kier molecular flexibility index (Phi) is 5.66. The molecule has 0 amide bonds. The molecule has 4 N–H and O–H groups in total. The van der Waals surface area contributed by atoms with Crippen LogP contribution in [0.3, 0.4) is 0 Å². The first-order valence-corrected chi connectivity index (χ1v) is 4.24. The molecule has 0 unspecified atom stereocenters. The van der Waals surface area contributed by atoms with Crippen molar-refractivity contribution in [3.63, 3.8) is 0 Å². The van der Waals surface area contributed by atoms with Gasteiger partial charge in [0, 0.05) is 0 Å². The molecule has 0 saturated heterocycles. The van der Waals surface area contributed by atoms with Gasteiger partial charge in [0.25, 0.3) is 0 Å². The van der Waals surface area contributed by atoms with Gasteiger partial charge in [0.15, 0.2) is 0 Å². The molecule has 0 aliphatic rings. The molecule has 0 aromatic heterocycles. The van der Waals surface area contributed by atoms with Gasteiger partial charge in [0.2, 0.25) is 0 Å². The number of carboxylic acid groups (broad SMARTS) is 1. The van der Waals surface area contributed by atoms with E-state index >= 15 is 0 Å². The highest BCUT2D eigenvalue weighted by Crippen LogP contribution is 2.05. The number of aliphatic hydroxyl groups excluding tert-OH is 1. The van der Waals surface area contributed by atoms with E-state index < -0.39 is 18.1 Å². The van der Waals surface area contributed by atoms with Gasteiger partial charge in [0.05, 0.1) is 6.10 Å². The van der Waals surface area contributed by atoms with Crippen LogP contribution in [0.15, 0.2) is 0 Å². The number of unbranched alkanes of at least 4 members (excludes halogenated alkanes) is 1. The Labute approximate surface area is 72.4 Å². The second kappa shape index (κ2) is 5.97. The zero-order valence-electron chi connectivity index (χ0n) is 7.36. The Morgan fingerprint density at radius 3 is 2.58 bits per heavy atom. The summed E-state index contributed by atoms with van der Waals surface area (Å²) >= 11 is 0. The van der Waals surface area contributed by atoms with Crippen molar-refractivity contribution in [3.05, 3.63) is 0 Å². The van der Waals surface area contributed by atoms with Crippen LogP contribution in [-0.4, -0.2) is 28.3 Å². The number of aliphatic carboxylic acids is 1. The van der Waals surface area contributed by atoms with Crippen molar-refractivity contribution in [1.82, 2.24) is 0 Å². The van der Waals surface area contributed by atoms with E-state index in [1.54, 1.807) is 0 Å². The highest BCUT2D eigenvalue weighted by molar-refractivity contribution is 5.73. The maximum atomic E-state index is 10.3. The number of rotatable bonds is 6. The maximum Gasteiger partial charge on any atom is 0.320 e. The standard InChI is InChI=1S/C8H17NO3/c1-2-3-4-6(10)5-7(9)8(11)12/h6-7,10H,2-5,9H2,1H3,(H,11,12)/t6-,7-/m0/s1. The van der Waals surface area contributed by atoms with Gasteiger partial charge < -0.3 is 15.9 Å². The van der Waals surface area contributed by atoms with Crippen molar-refractivity contribution in [2.75, 3.05) is 0 Å². The molecule has 0 aliphatic carbocycles. The highest BCUT2D eigenvalue weighted by atomic mass is 16.4. The Morgan fingerprint density at radius 1 is 1.58 bits per heavy atom. The summed E-state index contributed by atoms with van der Waals surface area (Å²) in [6.45, 7) is 2.02. The predicted molar refractivity (Wildman–Crippen MR) is 45.8 cm³/mol. The van der Waals surface area contributed by atoms with Gasteiger partial charge in [0.1, 0.15) is 6.04 Å². The fourth-order valence-electron chi connectivity index (χ4n) is 0.952. The summed E-state index contributed by atoms with van der Waals surface area (Å²) in [5.74, 6) is -1.05. The third kappa shape index (κ3) is 5.09. The second-order valence-electron chi connectivity index (χ2n) is 2.98. The summed E-state index contributed by atoms with van der Waals surface area (Å²) in [6, 6.07) is -0.933. The monoisotopic (exact) mass is 175 g/mol. The van der Waals surface area contributed by atoms with Crippen LogP contribution in [0.2, 0.25) is 0 Å². The topological polar surface area (TPSA) is 83.5 Å². The summed E-state index contributed by atoms with van der Waals surface area (Å²) < 4.78 is 0. The third-order valence-corrected chi connectivity index (χ3v) is 1.73. The van der Waals surface area contributed by atoms with Gasteiger partial charge in [-0.2, -0.15) is 0 Å². The largest absolute Gasteiger partial charge is 0.480 e. The van der Waals surface area contributed by atoms with Crippen molar-refractivity contribution < 1.29 is 15.0 Å². The fraction of sp³-hybridized carbons (Fsp3) is 0.875. The molecule has 72 valence electrons. The van der Waals surface area contributed by atoms with E-state index in [2.05, 4.69) is 0 Å². The zero-order chi connectivity index (χ0) is 9.56. The number of hydrogen-bond donors (Lipinski definition) is 3. The molecule has 0 saturated carbocycles. The van der Waals surface area contributed by atoms with Crippen LogP contribution in [-0.2, 0) is 4.79 Å². The van der Waals surface area contributed by atoms with Gasteiger partial charge in [-0.05, 0) is 12.8 Å². The van der Waals surface area contributed by atoms with Crippen molar-refractivity contribution in [3.8, 4) is 0 Å². The predicted octanol–water partition coefficient (Wildman–Crippen LogP) is 0.339. The average Bonchev–Trinajstić information content (AvgIpc) is 2.00. The van der Waals surface area contributed by atoms with Crippen LogP contribution in [0.25, 0.3) is 0 Å². The van der Waals surface area contributed by atoms with E-state index in [1.165, 1.54) is 0 Å². The lowest BCUT2D eigenvalue weighted by atomic mass is 10.1. The molecule has 4 heteroatoms. The van der Waals surface area contributed by atoms with Gasteiger partial charge in [-0.3, -0.25) is 4.79 Å². The summed E-state index contributed by atoms with van der Waals surface area (Å²) in [7, 11) is 0. The Morgan fingerprint density at radius 2 is 2.17 bits per heavy atom. The van der Waals surface area contributed by atoms with Crippen LogP contribution in [0.5, 0.6) is 0 Å². The van der Waals surface area contributed by atoms with E-state index in [9.17, 15) is 9.90 Å². The quantitative estimate of drug-likeness (QED) is 0.543. The third-order valence-electron chi connectivity index (χ3n) is 1.73.